The van der Waals surface area contributed by atoms with Crippen molar-refractivity contribution in [2.24, 2.45) is 0 Å². The summed E-state index contributed by atoms with van der Waals surface area (Å²) in [6.07, 6.45) is 4.46. The molecule has 2 aromatic heterocycles. The summed E-state index contributed by atoms with van der Waals surface area (Å²) in [7, 11) is 2.63. The van der Waals surface area contributed by atoms with Gasteiger partial charge in [-0.05, 0) is 0 Å². The summed E-state index contributed by atoms with van der Waals surface area (Å²) in [5, 5.41) is 0.526. The molecule has 2 heterocycles. The first kappa shape index (κ1) is 11.1. The predicted molar refractivity (Wildman–Crippen MR) is 59.0 cm³/mol. The topological polar surface area (TPSA) is 81.3 Å². The van der Waals surface area contributed by atoms with Gasteiger partial charge in [0.1, 0.15) is 5.75 Å². The first-order valence-corrected chi connectivity index (χ1v) is 4.80. The Kier molecular flexibility index (Phi) is 2.78. The molecule has 0 aromatic carbocycles. The highest BCUT2D eigenvalue weighted by molar-refractivity contribution is 6.43. The van der Waals surface area contributed by atoms with Crippen LogP contribution in [0, 0.1) is 0 Å². The molecule has 0 amide bonds. The van der Waals surface area contributed by atoms with E-state index in [1.807, 2.05) is 0 Å². The van der Waals surface area contributed by atoms with Gasteiger partial charge in [0.05, 0.1) is 43.1 Å². The van der Waals surface area contributed by atoms with E-state index in [2.05, 4.69) is 14.7 Å². The van der Waals surface area contributed by atoms with Crippen molar-refractivity contribution in [3.8, 4) is 5.75 Å². The fourth-order valence-corrected chi connectivity index (χ4v) is 1.59. The second-order valence-corrected chi connectivity index (χ2v) is 3.29. The van der Waals surface area contributed by atoms with E-state index < -0.39 is 11.8 Å². The summed E-state index contributed by atoms with van der Waals surface area (Å²) < 4.78 is 9.50. The van der Waals surface area contributed by atoms with Crippen molar-refractivity contribution >= 4 is 22.7 Å². The number of hydrogen-bond donors (Lipinski definition) is 1. The first-order chi connectivity index (χ1) is 8.19. The quantitative estimate of drug-likeness (QED) is 0.485. The lowest BCUT2D eigenvalue weighted by Gasteiger charge is -2.02. The predicted octanol–water partition coefficient (Wildman–Crippen LogP) is 0.927. The lowest BCUT2D eigenvalue weighted by atomic mass is 10.1. The van der Waals surface area contributed by atoms with Gasteiger partial charge in [0.2, 0.25) is 0 Å². The normalized spacial score (nSPS) is 10.2. The minimum atomic E-state index is -0.912. The van der Waals surface area contributed by atoms with Crippen molar-refractivity contribution in [1.29, 1.82) is 0 Å². The van der Waals surface area contributed by atoms with Gasteiger partial charge in [0, 0.05) is 6.20 Å². The van der Waals surface area contributed by atoms with E-state index in [4.69, 9.17) is 4.74 Å². The van der Waals surface area contributed by atoms with Gasteiger partial charge < -0.3 is 14.5 Å². The molecule has 0 fully saturated rings. The van der Waals surface area contributed by atoms with Crippen LogP contribution < -0.4 is 4.74 Å². The molecule has 88 valence electrons. The summed E-state index contributed by atoms with van der Waals surface area (Å²) in [5.41, 5.74) is 0.836. The molecule has 2 rings (SSSR count). The molecule has 0 unspecified atom stereocenters. The van der Waals surface area contributed by atoms with Gasteiger partial charge in [-0.15, -0.1) is 0 Å². The molecule has 0 spiro atoms. The summed E-state index contributed by atoms with van der Waals surface area (Å²) in [4.78, 5) is 29.7. The van der Waals surface area contributed by atoms with E-state index in [-0.39, 0.29) is 5.56 Å². The van der Waals surface area contributed by atoms with E-state index in [1.54, 1.807) is 6.20 Å². The van der Waals surface area contributed by atoms with Crippen molar-refractivity contribution in [3.63, 3.8) is 0 Å². The van der Waals surface area contributed by atoms with Crippen molar-refractivity contribution in [1.82, 2.24) is 9.97 Å². The Hall–Kier alpha value is -2.37. The zero-order chi connectivity index (χ0) is 12.4. The number of carbonyl (C=O) groups is 2. The summed E-state index contributed by atoms with van der Waals surface area (Å²) in [5.74, 6) is -1.20. The molecular weight excluding hydrogens is 224 g/mol. The molecule has 0 aliphatic rings. The molecular formula is C11H10N2O4. The van der Waals surface area contributed by atoms with Crippen molar-refractivity contribution in [3.05, 3.63) is 24.2 Å². The van der Waals surface area contributed by atoms with Gasteiger partial charge in [0.15, 0.2) is 0 Å². The van der Waals surface area contributed by atoms with E-state index >= 15 is 0 Å². The molecule has 0 radical (unpaired) electrons. The number of ketones is 1. The van der Waals surface area contributed by atoms with Gasteiger partial charge in [0.25, 0.3) is 5.78 Å². The van der Waals surface area contributed by atoms with Gasteiger partial charge in [-0.3, -0.25) is 9.78 Å². The Morgan fingerprint density at radius 2 is 2.06 bits per heavy atom. The molecule has 0 bridgehead atoms. The third kappa shape index (κ3) is 1.73. The Labute approximate surface area is 96.6 Å². The zero-order valence-corrected chi connectivity index (χ0v) is 9.31. The number of nitrogens with zero attached hydrogens (tertiary/aromatic N) is 1. The number of ether oxygens (including phenoxy) is 2. The van der Waals surface area contributed by atoms with Crippen LogP contribution in [-0.2, 0) is 9.53 Å². The third-order valence-corrected chi connectivity index (χ3v) is 2.39. The zero-order valence-electron chi connectivity index (χ0n) is 9.31. The average Bonchev–Trinajstić information content (AvgIpc) is 2.80. The molecule has 6 nitrogen and oxygen atoms in total. The molecule has 0 saturated heterocycles. The van der Waals surface area contributed by atoms with Crippen LogP contribution in [0.15, 0.2) is 18.6 Å². The molecule has 0 aliphatic carbocycles. The number of methoxy groups -OCH3 is 2. The maximum Gasteiger partial charge on any atom is 0.379 e. The number of esters is 1. The van der Waals surface area contributed by atoms with Crippen LogP contribution in [0.3, 0.4) is 0 Å². The van der Waals surface area contributed by atoms with Crippen LogP contribution in [0.25, 0.3) is 10.9 Å². The number of fused-ring (bicyclic) bond motifs is 1. The molecule has 2 aromatic rings. The minimum absolute atomic E-state index is 0.214. The Morgan fingerprint density at radius 3 is 2.71 bits per heavy atom. The van der Waals surface area contributed by atoms with Crippen LogP contribution in [0.1, 0.15) is 10.4 Å². The number of H-pyrrole nitrogens is 1. The highest BCUT2D eigenvalue weighted by Crippen LogP contribution is 2.27. The number of hydrogen-bond acceptors (Lipinski definition) is 5. The number of rotatable bonds is 3. The minimum Gasteiger partial charge on any atom is -0.494 e. The molecule has 0 aliphatic heterocycles. The number of aromatic nitrogens is 2. The molecule has 1 N–H and O–H groups in total. The van der Waals surface area contributed by atoms with Gasteiger partial charge in [-0.1, -0.05) is 0 Å². The number of carbonyl (C=O) groups excluding carboxylic acids is 2. The van der Waals surface area contributed by atoms with Crippen molar-refractivity contribution in [2.45, 2.75) is 0 Å². The summed E-state index contributed by atoms with van der Waals surface area (Å²) in [6, 6.07) is 0. The van der Waals surface area contributed by atoms with E-state index in [1.165, 1.54) is 19.5 Å². The first-order valence-electron chi connectivity index (χ1n) is 4.80. The Morgan fingerprint density at radius 1 is 1.29 bits per heavy atom. The van der Waals surface area contributed by atoms with Crippen molar-refractivity contribution in [2.75, 3.05) is 14.2 Å². The summed E-state index contributed by atoms with van der Waals surface area (Å²) >= 11 is 0. The van der Waals surface area contributed by atoms with Gasteiger partial charge >= 0.3 is 5.97 Å². The van der Waals surface area contributed by atoms with E-state index in [0.717, 1.165) is 7.11 Å². The number of nitrogens with one attached hydrogen (secondary N) is 1. The highest BCUT2D eigenvalue weighted by Gasteiger charge is 2.22. The second-order valence-electron chi connectivity index (χ2n) is 3.29. The van der Waals surface area contributed by atoms with E-state index in [0.29, 0.717) is 16.7 Å². The lowest BCUT2D eigenvalue weighted by Crippen LogP contribution is -2.15. The summed E-state index contributed by atoms with van der Waals surface area (Å²) in [6.45, 7) is 0. The molecule has 0 saturated carbocycles. The average molecular weight is 234 g/mol. The lowest BCUT2D eigenvalue weighted by molar-refractivity contribution is -0.135. The SMILES string of the molecule is COC(=O)C(=O)c1c[nH]c2cncc(OC)c12. The maximum absolute atomic E-state index is 11.7. The fraction of sp³-hybridized carbons (Fsp3) is 0.182. The molecule has 0 atom stereocenters. The highest BCUT2D eigenvalue weighted by atomic mass is 16.5. The molecule has 6 heteroatoms. The van der Waals surface area contributed by atoms with Crippen LogP contribution in [0.5, 0.6) is 5.75 Å². The Bertz CT molecular complexity index is 588. The standard InChI is InChI=1S/C11H10N2O4/c1-16-8-5-12-4-7-9(8)6(3-13-7)10(14)11(15)17-2/h3-5,13H,1-2H3. The number of Topliss-reactive ketones (excluding diaryl/α,β-unsaturated/α-hetero) is 1. The largest absolute Gasteiger partial charge is 0.494 e. The van der Waals surface area contributed by atoms with Crippen LogP contribution in [0.4, 0.5) is 0 Å². The maximum atomic E-state index is 11.7. The van der Waals surface area contributed by atoms with Crippen LogP contribution >= 0.6 is 0 Å². The van der Waals surface area contributed by atoms with Crippen molar-refractivity contribution < 1.29 is 19.1 Å². The molecule has 17 heavy (non-hydrogen) atoms. The monoisotopic (exact) mass is 234 g/mol. The second kappa shape index (κ2) is 4.25. The van der Waals surface area contributed by atoms with Gasteiger partial charge in [-0.2, -0.15) is 0 Å². The third-order valence-electron chi connectivity index (χ3n) is 2.39. The van der Waals surface area contributed by atoms with Crippen LogP contribution in [-0.4, -0.2) is 35.9 Å². The fourth-order valence-electron chi connectivity index (χ4n) is 1.59. The number of pyridine rings is 1. The van der Waals surface area contributed by atoms with E-state index in [9.17, 15) is 9.59 Å². The number of aromatic amines is 1. The van der Waals surface area contributed by atoms with Gasteiger partial charge in [-0.25, -0.2) is 4.79 Å². The van der Waals surface area contributed by atoms with Crippen LogP contribution in [0.2, 0.25) is 0 Å². The smallest absolute Gasteiger partial charge is 0.379 e. The Balaban J connectivity index is 2.63.